The van der Waals surface area contributed by atoms with Gasteiger partial charge in [0.05, 0.1) is 10.8 Å². The molecule has 2 fully saturated rings. The van der Waals surface area contributed by atoms with Crippen LogP contribution in [0.15, 0.2) is 29.2 Å². The van der Waals surface area contributed by atoms with Crippen molar-refractivity contribution >= 4 is 33.4 Å². The fraction of sp³-hybridized carbons (Fsp3) is 0.619. The highest BCUT2D eigenvalue weighted by Crippen LogP contribution is 2.25. The number of hydrogen-bond acceptors (Lipinski definition) is 4. The number of benzene rings is 1. The van der Waals surface area contributed by atoms with Crippen LogP contribution in [-0.4, -0.2) is 50.2 Å². The summed E-state index contributed by atoms with van der Waals surface area (Å²) in [5, 5.41) is 6.30. The van der Waals surface area contributed by atoms with Gasteiger partial charge in [-0.3, -0.25) is 9.59 Å². The summed E-state index contributed by atoms with van der Waals surface area (Å²) < 4.78 is 27.1. The Morgan fingerprint density at radius 1 is 1.03 bits per heavy atom. The summed E-state index contributed by atoms with van der Waals surface area (Å²) in [4.78, 5) is 24.8. The van der Waals surface area contributed by atoms with Crippen LogP contribution >= 0.6 is 11.6 Å². The Morgan fingerprint density at radius 3 is 2.43 bits per heavy atom. The minimum absolute atomic E-state index is 0.0437. The monoisotopic (exact) mass is 455 g/mol. The fourth-order valence-electron chi connectivity index (χ4n) is 4.12. The number of rotatable bonds is 7. The SMILES string of the molecule is O=C(CCNC(=O)C1CCCN(S(=O)(=O)c2ccc(Cl)cc2)C1)NC1CCCCC1. The van der Waals surface area contributed by atoms with E-state index in [4.69, 9.17) is 11.6 Å². The van der Waals surface area contributed by atoms with Crippen molar-refractivity contribution in [2.24, 2.45) is 5.92 Å². The van der Waals surface area contributed by atoms with Gasteiger partial charge < -0.3 is 10.6 Å². The molecule has 3 rings (SSSR count). The number of nitrogens with zero attached hydrogens (tertiary/aromatic N) is 1. The summed E-state index contributed by atoms with van der Waals surface area (Å²) >= 11 is 5.85. The lowest BCUT2D eigenvalue weighted by Crippen LogP contribution is -2.46. The van der Waals surface area contributed by atoms with Crippen LogP contribution in [0.5, 0.6) is 0 Å². The molecule has 1 aliphatic carbocycles. The predicted octanol–water partition coefficient (Wildman–Crippen LogP) is 2.70. The van der Waals surface area contributed by atoms with Crippen LogP contribution in [0.4, 0.5) is 0 Å². The highest BCUT2D eigenvalue weighted by Gasteiger charge is 2.33. The molecule has 2 aliphatic rings. The Hall–Kier alpha value is -1.64. The maximum Gasteiger partial charge on any atom is 0.243 e. The van der Waals surface area contributed by atoms with Crippen molar-refractivity contribution in [1.82, 2.24) is 14.9 Å². The van der Waals surface area contributed by atoms with Gasteiger partial charge in [0, 0.05) is 37.1 Å². The highest BCUT2D eigenvalue weighted by atomic mass is 35.5. The van der Waals surface area contributed by atoms with E-state index in [9.17, 15) is 18.0 Å². The maximum absolute atomic E-state index is 12.9. The van der Waals surface area contributed by atoms with E-state index in [0.29, 0.717) is 24.4 Å². The van der Waals surface area contributed by atoms with Gasteiger partial charge in [-0.25, -0.2) is 8.42 Å². The Bertz CT molecular complexity index is 838. The molecule has 166 valence electrons. The second kappa shape index (κ2) is 10.6. The smallest absolute Gasteiger partial charge is 0.243 e. The zero-order valence-corrected chi connectivity index (χ0v) is 18.7. The van der Waals surface area contributed by atoms with Crippen molar-refractivity contribution < 1.29 is 18.0 Å². The van der Waals surface area contributed by atoms with E-state index in [1.807, 2.05) is 0 Å². The van der Waals surface area contributed by atoms with Crippen LogP contribution in [0, 0.1) is 5.92 Å². The molecule has 1 unspecified atom stereocenters. The molecule has 1 atom stereocenters. The van der Waals surface area contributed by atoms with E-state index < -0.39 is 15.9 Å². The molecule has 2 amide bonds. The summed E-state index contributed by atoms with van der Waals surface area (Å²) in [6.07, 6.45) is 7.07. The average molecular weight is 456 g/mol. The van der Waals surface area contributed by atoms with Crippen molar-refractivity contribution in [3.05, 3.63) is 29.3 Å². The van der Waals surface area contributed by atoms with Gasteiger partial charge >= 0.3 is 0 Å². The second-order valence-corrected chi connectivity index (χ2v) is 10.5. The van der Waals surface area contributed by atoms with Crippen molar-refractivity contribution in [1.29, 1.82) is 0 Å². The molecular weight excluding hydrogens is 426 g/mol. The van der Waals surface area contributed by atoms with Gasteiger partial charge in [0.25, 0.3) is 0 Å². The van der Waals surface area contributed by atoms with Crippen LogP contribution in [0.3, 0.4) is 0 Å². The molecule has 2 N–H and O–H groups in total. The number of halogens is 1. The molecule has 9 heteroatoms. The van der Waals surface area contributed by atoms with Gasteiger partial charge in [0.15, 0.2) is 0 Å². The number of carbonyl (C=O) groups is 2. The minimum atomic E-state index is -3.67. The Balaban J connectivity index is 1.46. The van der Waals surface area contributed by atoms with Crippen molar-refractivity contribution in [2.45, 2.75) is 62.3 Å². The van der Waals surface area contributed by atoms with Crippen molar-refractivity contribution in [3.8, 4) is 0 Å². The molecule has 7 nitrogen and oxygen atoms in total. The van der Waals surface area contributed by atoms with Crippen molar-refractivity contribution in [3.63, 3.8) is 0 Å². The zero-order valence-electron chi connectivity index (χ0n) is 17.1. The van der Waals surface area contributed by atoms with Gasteiger partial charge in [0.2, 0.25) is 21.8 Å². The number of hydrogen-bond donors (Lipinski definition) is 2. The molecule has 0 aromatic heterocycles. The summed E-state index contributed by atoms with van der Waals surface area (Å²) in [6.45, 7) is 0.793. The Labute approximate surface area is 183 Å². The van der Waals surface area contributed by atoms with Gasteiger partial charge in [0.1, 0.15) is 0 Å². The summed E-state index contributed by atoms with van der Waals surface area (Å²) in [7, 11) is -3.67. The fourth-order valence-corrected chi connectivity index (χ4v) is 5.77. The molecule has 0 bridgehead atoms. The zero-order chi connectivity index (χ0) is 21.6. The summed E-state index contributed by atoms with van der Waals surface area (Å²) in [6, 6.07) is 6.30. The van der Waals surface area contributed by atoms with Crippen LogP contribution in [-0.2, 0) is 19.6 Å². The average Bonchev–Trinajstić information content (AvgIpc) is 2.75. The van der Waals surface area contributed by atoms with Crippen LogP contribution in [0.2, 0.25) is 5.02 Å². The number of piperidine rings is 1. The van der Waals surface area contributed by atoms with E-state index >= 15 is 0 Å². The van der Waals surface area contributed by atoms with E-state index in [1.54, 1.807) is 12.1 Å². The third kappa shape index (κ3) is 6.18. The minimum Gasteiger partial charge on any atom is -0.355 e. The molecule has 1 aliphatic heterocycles. The Kier molecular flexibility index (Phi) is 8.13. The number of amides is 2. The Morgan fingerprint density at radius 2 is 1.73 bits per heavy atom. The first-order valence-electron chi connectivity index (χ1n) is 10.7. The van der Waals surface area contributed by atoms with Gasteiger partial charge in [-0.1, -0.05) is 30.9 Å². The standard InChI is InChI=1S/C21H30ClN3O4S/c22-17-8-10-19(11-9-17)30(28,29)25-14-4-5-16(15-25)21(27)23-13-12-20(26)24-18-6-2-1-3-7-18/h8-11,16,18H,1-7,12-15H2,(H,23,27)(H,24,26). The second-order valence-electron chi connectivity index (χ2n) is 8.10. The number of nitrogens with one attached hydrogen (secondary N) is 2. The third-order valence-corrected chi connectivity index (χ3v) is 7.96. The van der Waals surface area contributed by atoms with E-state index in [0.717, 1.165) is 25.7 Å². The normalized spacial score (nSPS) is 21.2. The van der Waals surface area contributed by atoms with Crippen LogP contribution in [0.25, 0.3) is 0 Å². The van der Waals surface area contributed by atoms with Gasteiger partial charge in [-0.2, -0.15) is 4.31 Å². The molecule has 30 heavy (non-hydrogen) atoms. The van der Waals surface area contributed by atoms with Crippen LogP contribution < -0.4 is 10.6 Å². The number of sulfonamides is 1. The maximum atomic E-state index is 12.9. The lowest BCUT2D eigenvalue weighted by atomic mass is 9.95. The van der Waals surface area contributed by atoms with Crippen molar-refractivity contribution in [2.75, 3.05) is 19.6 Å². The predicted molar refractivity (Wildman–Crippen MR) is 116 cm³/mol. The first-order chi connectivity index (χ1) is 14.4. The molecule has 1 aromatic carbocycles. The van der Waals surface area contributed by atoms with Gasteiger partial charge in [-0.05, 0) is 49.9 Å². The van der Waals surface area contributed by atoms with Crippen LogP contribution in [0.1, 0.15) is 51.4 Å². The highest BCUT2D eigenvalue weighted by molar-refractivity contribution is 7.89. The lowest BCUT2D eigenvalue weighted by Gasteiger charge is -2.31. The molecule has 1 saturated heterocycles. The molecule has 1 aromatic rings. The summed E-state index contributed by atoms with van der Waals surface area (Å²) in [5.74, 6) is -0.656. The van der Waals surface area contributed by atoms with E-state index in [-0.39, 0.29) is 42.3 Å². The molecule has 0 spiro atoms. The molecule has 1 saturated carbocycles. The third-order valence-electron chi connectivity index (χ3n) is 5.83. The van der Waals surface area contributed by atoms with E-state index in [1.165, 1.54) is 22.9 Å². The first kappa shape index (κ1) is 23.0. The quantitative estimate of drug-likeness (QED) is 0.660. The van der Waals surface area contributed by atoms with Gasteiger partial charge in [-0.15, -0.1) is 0 Å². The number of carbonyl (C=O) groups excluding carboxylic acids is 2. The topological polar surface area (TPSA) is 95.6 Å². The lowest BCUT2D eigenvalue weighted by molar-refractivity contribution is -0.126. The molecule has 0 radical (unpaired) electrons. The van der Waals surface area contributed by atoms with E-state index in [2.05, 4.69) is 10.6 Å². The largest absolute Gasteiger partial charge is 0.355 e. The first-order valence-corrected chi connectivity index (χ1v) is 12.5. The molecule has 1 heterocycles. The summed E-state index contributed by atoms with van der Waals surface area (Å²) in [5.41, 5.74) is 0. The molecular formula is C21H30ClN3O4S.